The summed E-state index contributed by atoms with van der Waals surface area (Å²) in [6.07, 6.45) is -2.51. The summed E-state index contributed by atoms with van der Waals surface area (Å²) in [5.41, 5.74) is -1.74. The predicted molar refractivity (Wildman–Crippen MR) is 68.9 cm³/mol. The van der Waals surface area contributed by atoms with Gasteiger partial charge in [0.2, 0.25) is 0 Å². The van der Waals surface area contributed by atoms with Crippen LogP contribution in [0, 0.1) is 13.8 Å². The third-order valence-corrected chi connectivity index (χ3v) is 2.96. The molecule has 0 saturated carbocycles. The minimum Gasteiger partial charge on any atom is -0.466 e. The van der Waals surface area contributed by atoms with E-state index in [9.17, 15) is 23.7 Å². The van der Waals surface area contributed by atoms with Crippen molar-refractivity contribution in [2.45, 2.75) is 19.8 Å². The first-order valence-corrected chi connectivity index (χ1v) is 6.21. The number of hydrogen-bond donors (Lipinski definition) is 0. The number of alkyl halides is 2. The molecule has 0 spiro atoms. The van der Waals surface area contributed by atoms with Gasteiger partial charge >= 0.3 is 11.7 Å². The molecule has 9 heteroatoms. The van der Waals surface area contributed by atoms with E-state index in [1.54, 1.807) is 6.92 Å². The van der Waals surface area contributed by atoms with Crippen LogP contribution in [-0.4, -0.2) is 22.5 Å². The molecular formula is C10H9F2IN2O4. The van der Waals surface area contributed by atoms with E-state index in [-0.39, 0.29) is 15.9 Å². The second kappa shape index (κ2) is 6.68. The van der Waals surface area contributed by atoms with Crippen molar-refractivity contribution in [3.05, 3.63) is 31.1 Å². The molecule has 0 aliphatic carbocycles. The number of carbonyl (C=O) groups excluding carboxylic acids is 1. The standard InChI is InChI=1S/C10H9F2IN2O4/c1-2-19-6(16)3-5-4-14-10(13)8(15(17)18)7(5)9(11)12/h4,9H,2-3H2,1H3. The van der Waals surface area contributed by atoms with Gasteiger partial charge in [-0.25, -0.2) is 13.8 Å². The Morgan fingerprint density at radius 2 is 2.26 bits per heavy atom. The molecule has 0 unspecified atom stereocenters. The van der Waals surface area contributed by atoms with E-state index in [0.717, 1.165) is 6.20 Å². The largest absolute Gasteiger partial charge is 0.466 e. The van der Waals surface area contributed by atoms with Crippen molar-refractivity contribution >= 4 is 34.2 Å². The van der Waals surface area contributed by atoms with Gasteiger partial charge in [0.05, 0.1) is 18.0 Å². The van der Waals surface area contributed by atoms with Crippen LogP contribution in [0.5, 0.6) is 0 Å². The third-order valence-electron chi connectivity index (χ3n) is 2.17. The average molecular weight is 386 g/mol. The van der Waals surface area contributed by atoms with Crippen LogP contribution in [-0.2, 0) is 16.0 Å². The lowest BCUT2D eigenvalue weighted by Crippen LogP contribution is -2.12. The molecule has 0 fully saturated rings. The third kappa shape index (κ3) is 3.78. The number of pyridine rings is 1. The maximum absolute atomic E-state index is 13.0. The molecule has 6 nitrogen and oxygen atoms in total. The van der Waals surface area contributed by atoms with Crippen LogP contribution >= 0.6 is 22.6 Å². The van der Waals surface area contributed by atoms with Crippen molar-refractivity contribution in [3.8, 4) is 0 Å². The summed E-state index contributed by atoms with van der Waals surface area (Å²) < 4.78 is 30.4. The highest BCUT2D eigenvalue weighted by molar-refractivity contribution is 14.1. The quantitative estimate of drug-likeness (QED) is 0.256. The molecule has 0 radical (unpaired) electrons. The molecule has 0 aromatic carbocycles. The van der Waals surface area contributed by atoms with Gasteiger partial charge < -0.3 is 4.74 Å². The highest BCUT2D eigenvalue weighted by atomic mass is 127. The first-order valence-electron chi connectivity index (χ1n) is 5.13. The second-order valence-corrected chi connectivity index (χ2v) is 4.40. The van der Waals surface area contributed by atoms with E-state index in [2.05, 4.69) is 9.72 Å². The first kappa shape index (κ1) is 15.7. The number of nitrogens with zero attached hydrogens (tertiary/aromatic N) is 2. The Labute approximate surface area is 120 Å². The monoisotopic (exact) mass is 386 g/mol. The maximum Gasteiger partial charge on any atom is 0.310 e. The van der Waals surface area contributed by atoms with Gasteiger partial charge in [-0.15, -0.1) is 0 Å². The molecular weight excluding hydrogens is 377 g/mol. The molecule has 19 heavy (non-hydrogen) atoms. The molecule has 0 atom stereocenters. The van der Waals surface area contributed by atoms with E-state index < -0.39 is 35.0 Å². The van der Waals surface area contributed by atoms with Crippen molar-refractivity contribution in [1.82, 2.24) is 4.98 Å². The molecule has 0 amide bonds. The average Bonchev–Trinajstić information content (AvgIpc) is 2.30. The van der Waals surface area contributed by atoms with Crippen molar-refractivity contribution in [3.63, 3.8) is 0 Å². The van der Waals surface area contributed by atoms with Crippen molar-refractivity contribution in [2.24, 2.45) is 0 Å². The summed E-state index contributed by atoms with van der Waals surface area (Å²) in [4.78, 5) is 24.8. The molecule has 104 valence electrons. The number of nitro groups is 1. The molecule has 1 aromatic heterocycles. The lowest BCUT2D eigenvalue weighted by molar-refractivity contribution is -0.387. The second-order valence-electron chi connectivity index (χ2n) is 3.38. The van der Waals surface area contributed by atoms with Gasteiger partial charge in [-0.1, -0.05) is 0 Å². The highest BCUT2D eigenvalue weighted by Gasteiger charge is 2.30. The minimum atomic E-state index is -3.07. The number of ether oxygens (including phenoxy) is 1. The summed E-state index contributed by atoms with van der Waals surface area (Å²) >= 11 is 1.50. The Bertz CT molecular complexity index is 511. The SMILES string of the molecule is CCOC(=O)Cc1cnc(I)c([N+](=O)[O-])c1C(F)F. The maximum atomic E-state index is 13.0. The number of esters is 1. The van der Waals surface area contributed by atoms with E-state index in [4.69, 9.17) is 0 Å². The summed E-state index contributed by atoms with van der Waals surface area (Å²) in [5, 5.41) is 10.8. The van der Waals surface area contributed by atoms with Gasteiger partial charge in [0.15, 0.2) is 3.70 Å². The number of carbonyl (C=O) groups is 1. The van der Waals surface area contributed by atoms with Crippen LogP contribution in [0.3, 0.4) is 0 Å². The van der Waals surface area contributed by atoms with Crippen LogP contribution in [0.4, 0.5) is 14.5 Å². The number of halogens is 3. The lowest BCUT2D eigenvalue weighted by atomic mass is 10.1. The molecule has 0 N–H and O–H groups in total. The smallest absolute Gasteiger partial charge is 0.310 e. The van der Waals surface area contributed by atoms with Gasteiger partial charge in [0.1, 0.15) is 5.56 Å². The van der Waals surface area contributed by atoms with E-state index in [0.29, 0.717) is 0 Å². The van der Waals surface area contributed by atoms with Crippen LogP contribution in [0.2, 0.25) is 0 Å². The van der Waals surface area contributed by atoms with E-state index >= 15 is 0 Å². The van der Waals surface area contributed by atoms with Gasteiger partial charge in [-0.3, -0.25) is 14.9 Å². The van der Waals surface area contributed by atoms with Crippen molar-refractivity contribution in [1.29, 1.82) is 0 Å². The van der Waals surface area contributed by atoms with Crippen LogP contribution < -0.4 is 0 Å². The Morgan fingerprint density at radius 3 is 2.74 bits per heavy atom. The Balaban J connectivity index is 3.28. The number of aromatic nitrogens is 1. The van der Waals surface area contributed by atoms with Crippen LogP contribution in [0.1, 0.15) is 24.5 Å². The minimum absolute atomic E-state index is 0.0999. The fourth-order valence-corrected chi connectivity index (χ4v) is 2.08. The normalized spacial score (nSPS) is 10.6. The molecule has 1 aromatic rings. The Kier molecular flexibility index (Phi) is 5.51. The summed E-state index contributed by atoms with van der Waals surface area (Å²) in [7, 11) is 0. The first-order chi connectivity index (χ1) is 8.88. The van der Waals surface area contributed by atoms with E-state index in [1.807, 2.05) is 0 Å². The van der Waals surface area contributed by atoms with E-state index in [1.165, 1.54) is 22.6 Å². The Morgan fingerprint density at radius 1 is 1.63 bits per heavy atom. The van der Waals surface area contributed by atoms with Gasteiger partial charge in [0.25, 0.3) is 6.43 Å². The van der Waals surface area contributed by atoms with Crippen molar-refractivity contribution < 1.29 is 23.2 Å². The molecule has 1 rings (SSSR count). The van der Waals surface area contributed by atoms with Gasteiger partial charge in [-0.05, 0) is 35.1 Å². The highest BCUT2D eigenvalue weighted by Crippen LogP contribution is 2.34. The van der Waals surface area contributed by atoms with Gasteiger partial charge in [0, 0.05) is 6.20 Å². The molecule has 0 aliphatic heterocycles. The fourth-order valence-electron chi connectivity index (χ4n) is 1.45. The lowest BCUT2D eigenvalue weighted by Gasteiger charge is -2.09. The van der Waals surface area contributed by atoms with Gasteiger partial charge in [-0.2, -0.15) is 0 Å². The zero-order valence-electron chi connectivity index (χ0n) is 9.73. The summed E-state index contributed by atoms with van der Waals surface area (Å²) in [6.45, 7) is 1.67. The van der Waals surface area contributed by atoms with Crippen molar-refractivity contribution in [2.75, 3.05) is 6.61 Å². The predicted octanol–water partition coefficient (Wildman–Crippen LogP) is 2.64. The summed E-state index contributed by atoms with van der Waals surface area (Å²) in [5.74, 6) is -0.735. The molecule has 0 aliphatic rings. The molecule has 0 saturated heterocycles. The van der Waals surface area contributed by atoms with Crippen LogP contribution in [0.15, 0.2) is 6.20 Å². The number of rotatable bonds is 5. The number of hydrogen-bond acceptors (Lipinski definition) is 5. The zero-order chi connectivity index (χ0) is 14.6. The zero-order valence-corrected chi connectivity index (χ0v) is 11.9. The molecule has 1 heterocycles. The summed E-state index contributed by atoms with van der Waals surface area (Å²) in [6, 6.07) is 0. The fraction of sp³-hybridized carbons (Fsp3) is 0.400. The van der Waals surface area contributed by atoms with Crippen LogP contribution in [0.25, 0.3) is 0 Å². The Hall–Kier alpha value is -1.39. The molecule has 0 bridgehead atoms. The topological polar surface area (TPSA) is 82.3 Å².